The van der Waals surface area contributed by atoms with Crippen molar-refractivity contribution in [3.05, 3.63) is 34.1 Å². The summed E-state index contributed by atoms with van der Waals surface area (Å²) in [5, 5.41) is 8.28. The van der Waals surface area contributed by atoms with Crippen molar-refractivity contribution in [1.29, 1.82) is 0 Å². The number of hydrogen-bond donors (Lipinski definition) is 0. The molecule has 22 heavy (non-hydrogen) atoms. The zero-order valence-electron chi connectivity index (χ0n) is 12.4. The topological polar surface area (TPSA) is 59.2 Å². The summed E-state index contributed by atoms with van der Waals surface area (Å²) >= 11 is 1.67. The third kappa shape index (κ3) is 2.79. The molecule has 2 aromatic heterocycles. The Kier molecular flexibility index (Phi) is 3.70. The van der Waals surface area contributed by atoms with Gasteiger partial charge in [-0.15, -0.1) is 0 Å². The maximum Gasteiger partial charge on any atom is 0.229 e. The van der Waals surface area contributed by atoms with Crippen LogP contribution in [-0.2, 0) is 11.2 Å². The predicted molar refractivity (Wildman–Crippen MR) is 82.6 cm³/mol. The number of nitrogens with zero attached hydrogens (tertiary/aromatic N) is 3. The van der Waals surface area contributed by atoms with E-state index in [0.29, 0.717) is 18.2 Å². The van der Waals surface area contributed by atoms with E-state index in [1.807, 2.05) is 4.90 Å². The van der Waals surface area contributed by atoms with Crippen molar-refractivity contribution in [2.45, 2.75) is 50.5 Å². The van der Waals surface area contributed by atoms with Gasteiger partial charge in [-0.3, -0.25) is 4.79 Å². The first-order valence-electron chi connectivity index (χ1n) is 7.95. The van der Waals surface area contributed by atoms with E-state index >= 15 is 0 Å². The normalized spacial score (nSPS) is 21.5. The first kappa shape index (κ1) is 13.9. The number of likely N-dealkylation sites (tertiary alicyclic amines) is 1. The molecule has 1 aliphatic carbocycles. The molecule has 2 fully saturated rings. The summed E-state index contributed by atoms with van der Waals surface area (Å²) < 4.78 is 5.35. The first-order valence-corrected chi connectivity index (χ1v) is 8.89. The van der Waals surface area contributed by atoms with E-state index in [-0.39, 0.29) is 11.9 Å². The summed E-state index contributed by atoms with van der Waals surface area (Å²) in [6, 6.07) is 2.09. The van der Waals surface area contributed by atoms with E-state index in [4.69, 9.17) is 4.52 Å². The summed E-state index contributed by atoms with van der Waals surface area (Å²) in [7, 11) is 0. The van der Waals surface area contributed by atoms with Crippen molar-refractivity contribution in [1.82, 2.24) is 15.0 Å². The lowest BCUT2D eigenvalue weighted by Gasteiger charge is -2.22. The summed E-state index contributed by atoms with van der Waals surface area (Å²) in [6.45, 7) is 0.806. The maximum atomic E-state index is 12.5. The highest BCUT2D eigenvalue weighted by Gasteiger charge is 2.35. The molecule has 1 amide bonds. The minimum absolute atomic E-state index is 0.00576. The molecule has 5 nitrogen and oxygen atoms in total. The second kappa shape index (κ2) is 5.83. The van der Waals surface area contributed by atoms with Gasteiger partial charge in [-0.25, -0.2) is 0 Å². The summed E-state index contributed by atoms with van der Waals surface area (Å²) in [5.41, 5.74) is 1.24. The minimum atomic E-state index is 0.00576. The quantitative estimate of drug-likeness (QED) is 0.849. The summed E-state index contributed by atoms with van der Waals surface area (Å²) in [6.07, 6.45) is 5.62. The number of carbonyl (C=O) groups excluding carboxylic acids is 1. The smallest absolute Gasteiger partial charge is 0.229 e. The highest BCUT2D eigenvalue weighted by molar-refractivity contribution is 7.07. The van der Waals surface area contributed by atoms with Crippen LogP contribution in [0.25, 0.3) is 0 Å². The van der Waals surface area contributed by atoms with Crippen LogP contribution < -0.4 is 0 Å². The molecule has 0 bridgehead atoms. The number of carbonyl (C=O) groups is 1. The van der Waals surface area contributed by atoms with Crippen molar-refractivity contribution < 1.29 is 9.32 Å². The molecule has 1 aliphatic heterocycles. The van der Waals surface area contributed by atoms with Gasteiger partial charge in [0.15, 0.2) is 5.82 Å². The lowest BCUT2D eigenvalue weighted by atomic mass is 10.1. The van der Waals surface area contributed by atoms with Crippen molar-refractivity contribution in [2.24, 2.45) is 0 Å². The molecular formula is C16H19N3O2S. The Morgan fingerprint density at radius 3 is 3.09 bits per heavy atom. The lowest BCUT2D eigenvalue weighted by Crippen LogP contribution is -2.31. The Morgan fingerprint density at radius 1 is 1.41 bits per heavy atom. The molecule has 1 atom stereocenters. The van der Waals surface area contributed by atoms with Crippen LogP contribution in [0.3, 0.4) is 0 Å². The molecule has 3 heterocycles. The van der Waals surface area contributed by atoms with Crippen LogP contribution in [0, 0.1) is 0 Å². The first-order chi connectivity index (χ1) is 10.8. The van der Waals surface area contributed by atoms with Crippen LogP contribution in [-0.4, -0.2) is 27.5 Å². The monoisotopic (exact) mass is 317 g/mol. The Balaban J connectivity index is 1.42. The predicted octanol–water partition coefficient (Wildman–Crippen LogP) is 3.30. The lowest BCUT2D eigenvalue weighted by molar-refractivity contribution is -0.132. The van der Waals surface area contributed by atoms with Crippen molar-refractivity contribution in [2.75, 3.05) is 6.54 Å². The molecule has 1 unspecified atom stereocenters. The number of aromatic nitrogens is 2. The fourth-order valence-corrected chi connectivity index (χ4v) is 3.75. The van der Waals surface area contributed by atoms with Gasteiger partial charge >= 0.3 is 0 Å². The van der Waals surface area contributed by atoms with Gasteiger partial charge in [0.25, 0.3) is 0 Å². The third-order valence-corrected chi connectivity index (χ3v) is 5.19. The van der Waals surface area contributed by atoms with E-state index in [9.17, 15) is 4.79 Å². The number of rotatable bonds is 5. The van der Waals surface area contributed by atoms with Crippen LogP contribution in [0.4, 0.5) is 0 Å². The van der Waals surface area contributed by atoms with E-state index in [2.05, 4.69) is 27.0 Å². The van der Waals surface area contributed by atoms with Gasteiger partial charge < -0.3 is 9.42 Å². The van der Waals surface area contributed by atoms with Crippen LogP contribution in [0.2, 0.25) is 0 Å². The van der Waals surface area contributed by atoms with Gasteiger partial charge in [0, 0.05) is 18.9 Å². The largest absolute Gasteiger partial charge is 0.339 e. The molecule has 116 valence electrons. The Labute approximate surface area is 133 Å². The summed E-state index contributed by atoms with van der Waals surface area (Å²) in [4.78, 5) is 19.0. The number of hydrogen-bond acceptors (Lipinski definition) is 5. The molecular weight excluding hydrogens is 298 g/mol. The standard InChI is InChI=1S/C16H19N3O2S/c20-14(6-3-11-7-9-22-10-11)19-8-1-2-13(19)15-17-16(21-18-15)12-4-5-12/h7,9-10,12-13H,1-6,8H2. The van der Waals surface area contributed by atoms with E-state index < -0.39 is 0 Å². The highest BCUT2D eigenvalue weighted by atomic mass is 32.1. The van der Waals surface area contributed by atoms with Crippen molar-refractivity contribution in [3.63, 3.8) is 0 Å². The number of aryl methyl sites for hydroxylation is 1. The molecule has 1 saturated heterocycles. The fourth-order valence-electron chi connectivity index (χ4n) is 3.04. The molecule has 1 saturated carbocycles. The molecule has 2 aliphatic rings. The van der Waals surface area contributed by atoms with E-state index in [1.54, 1.807) is 11.3 Å². The van der Waals surface area contributed by atoms with Crippen LogP contribution in [0.1, 0.15) is 61.3 Å². The third-order valence-electron chi connectivity index (χ3n) is 4.46. The van der Waals surface area contributed by atoms with Gasteiger partial charge in [0.05, 0.1) is 6.04 Å². The van der Waals surface area contributed by atoms with E-state index in [1.165, 1.54) is 5.56 Å². The van der Waals surface area contributed by atoms with Crippen molar-refractivity contribution in [3.8, 4) is 0 Å². The zero-order valence-corrected chi connectivity index (χ0v) is 13.2. The zero-order chi connectivity index (χ0) is 14.9. The summed E-state index contributed by atoms with van der Waals surface area (Å²) in [5.74, 6) is 2.12. The SMILES string of the molecule is O=C(CCc1ccsc1)N1CCCC1c1noc(C2CC2)n1. The van der Waals surface area contributed by atoms with Gasteiger partial charge in [0.1, 0.15) is 0 Å². The molecule has 0 radical (unpaired) electrons. The van der Waals surface area contributed by atoms with Gasteiger partial charge in [-0.1, -0.05) is 5.16 Å². The minimum Gasteiger partial charge on any atom is -0.339 e. The molecule has 0 N–H and O–H groups in total. The molecule has 4 rings (SSSR count). The second-order valence-corrected chi connectivity index (χ2v) is 6.92. The van der Waals surface area contributed by atoms with Crippen LogP contribution in [0.5, 0.6) is 0 Å². The highest BCUT2D eigenvalue weighted by Crippen LogP contribution is 2.40. The van der Waals surface area contributed by atoms with Crippen LogP contribution in [0.15, 0.2) is 21.3 Å². The van der Waals surface area contributed by atoms with Crippen molar-refractivity contribution >= 4 is 17.2 Å². The number of amides is 1. The molecule has 2 aromatic rings. The average Bonchev–Trinajstić information content (AvgIpc) is 3.02. The Hall–Kier alpha value is -1.69. The molecule has 0 aromatic carbocycles. The Morgan fingerprint density at radius 2 is 2.32 bits per heavy atom. The van der Waals surface area contributed by atoms with Crippen LogP contribution >= 0.6 is 11.3 Å². The Bertz CT molecular complexity index is 648. The molecule has 0 spiro atoms. The molecule has 6 heteroatoms. The van der Waals surface area contributed by atoms with Gasteiger partial charge in [0.2, 0.25) is 11.8 Å². The van der Waals surface area contributed by atoms with Gasteiger partial charge in [-0.05, 0) is 54.5 Å². The fraction of sp³-hybridized carbons (Fsp3) is 0.562. The van der Waals surface area contributed by atoms with Gasteiger partial charge in [-0.2, -0.15) is 16.3 Å². The second-order valence-electron chi connectivity index (χ2n) is 6.14. The average molecular weight is 317 g/mol. The maximum absolute atomic E-state index is 12.5. The number of thiophene rings is 1. The van der Waals surface area contributed by atoms with E-state index in [0.717, 1.165) is 44.5 Å².